The molecule has 1 aromatic heterocycles. The molecule has 1 aliphatic heterocycles. The molecule has 0 aliphatic carbocycles. The van der Waals surface area contributed by atoms with Gasteiger partial charge >= 0.3 is 0 Å². The van der Waals surface area contributed by atoms with Crippen molar-refractivity contribution in [3.05, 3.63) is 36.0 Å². The van der Waals surface area contributed by atoms with Crippen molar-refractivity contribution in [2.75, 3.05) is 6.61 Å². The Hall–Kier alpha value is -2.14. The summed E-state index contributed by atoms with van der Waals surface area (Å²) in [6.07, 6.45) is 3.95. The van der Waals surface area contributed by atoms with Crippen molar-refractivity contribution in [3.8, 4) is 0 Å². The van der Waals surface area contributed by atoms with Gasteiger partial charge in [0, 0.05) is 48.3 Å². The molecule has 25 heavy (non-hydrogen) atoms. The molecule has 5 heteroatoms. The molecule has 3 rings (SSSR count). The molecular formula is C20H26N2O3. The molecule has 0 radical (unpaired) electrons. The highest BCUT2D eigenvalue weighted by Gasteiger charge is 2.29. The van der Waals surface area contributed by atoms with E-state index in [-0.39, 0.29) is 23.3 Å². The number of ketones is 1. The highest BCUT2D eigenvalue weighted by molar-refractivity contribution is 6.06. The first-order valence-electron chi connectivity index (χ1n) is 8.88. The Morgan fingerprint density at radius 3 is 2.80 bits per heavy atom. The molecular weight excluding hydrogens is 316 g/mol. The van der Waals surface area contributed by atoms with E-state index in [4.69, 9.17) is 4.74 Å². The predicted octanol–water partition coefficient (Wildman–Crippen LogP) is 3.31. The number of hydrogen-bond acceptors (Lipinski definition) is 3. The summed E-state index contributed by atoms with van der Waals surface area (Å²) in [5, 5.41) is 4.07. The number of fused-ring (bicyclic) bond motifs is 1. The monoisotopic (exact) mass is 342 g/mol. The Labute approximate surface area is 148 Å². The van der Waals surface area contributed by atoms with Crippen LogP contribution in [-0.2, 0) is 16.1 Å². The summed E-state index contributed by atoms with van der Waals surface area (Å²) in [5.74, 6) is 0.0914. The number of benzene rings is 1. The minimum Gasteiger partial charge on any atom is -0.375 e. The molecule has 1 N–H and O–H groups in total. The average Bonchev–Trinajstić information content (AvgIpc) is 2.91. The average molecular weight is 342 g/mol. The van der Waals surface area contributed by atoms with Crippen molar-refractivity contribution in [1.82, 2.24) is 9.88 Å². The van der Waals surface area contributed by atoms with E-state index in [1.807, 2.05) is 35.0 Å². The number of carbonyl (C=O) groups is 2. The number of aryl methyl sites for hydroxylation is 1. The second kappa shape index (κ2) is 7.00. The number of ether oxygens (including phenoxy) is 1. The fourth-order valence-corrected chi connectivity index (χ4v) is 3.59. The van der Waals surface area contributed by atoms with E-state index in [9.17, 15) is 9.59 Å². The fourth-order valence-electron chi connectivity index (χ4n) is 3.59. The van der Waals surface area contributed by atoms with Crippen molar-refractivity contribution in [2.24, 2.45) is 0 Å². The van der Waals surface area contributed by atoms with E-state index in [1.165, 1.54) is 0 Å². The zero-order valence-corrected chi connectivity index (χ0v) is 15.2. The molecule has 1 atom stereocenters. The quantitative estimate of drug-likeness (QED) is 0.848. The highest BCUT2D eigenvalue weighted by atomic mass is 16.5. The van der Waals surface area contributed by atoms with Gasteiger partial charge in [-0.3, -0.25) is 9.59 Å². The summed E-state index contributed by atoms with van der Waals surface area (Å²) in [6, 6.07) is 7.99. The van der Waals surface area contributed by atoms with Gasteiger partial charge in [0.25, 0.3) is 0 Å². The number of para-hydroxylation sites is 1. The molecule has 0 bridgehead atoms. The van der Waals surface area contributed by atoms with Crippen LogP contribution in [-0.4, -0.2) is 34.5 Å². The van der Waals surface area contributed by atoms with Crippen LogP contribution >= 0.6 is 0 Å². The van der Waals surface area contributed by atoms with Crippen LogP contribution in [0.2, 0.25) is 0 Å². The second-order valence-electron chi connectivity index (χ2n) is 7.42. The third-order valence-electron chi connectivity index (χ3n) is 4.81. The van der Waals surface area contributed by atoms with Gasteiger partial charge in [0.2, 0.25) is 5.91 Å². The van der Waals surface area contributed by atoms with Gasteiger partial charge in [-0.05, 0) is 39.7 Å². The third-order valence-corrected chi connectivity index (χ3v) is 4.81. The Kier molecular flexibility index (Phi) is 4.95. The van der Waals surface area contributed by atoms with Gasteiger partial charge in [0.1, 0.15) is 0 Å². The standard InChI is InChI=1S/C20H26N2O3/c1-14(23)17-13-22(18-7-5-4-6-16(17)18)10-8-19(24)21-15-9-11-25-20(2,3)12-15/h4-7,13,15H,8-12H2,1-3H3,(H,21,24). The summed E-state index contributed by atoms with van der Waals surface area (Å²) in [7, 11) is 0. The minimum absolute atomic E-state index is 0.0452. The smallest absolute Gasteiger partial charge is 0.222 e. The molecule has 2 heterocycles. The Morgan fingerprint density at radius 1 is 1.32 bits per heavy atom. The van der Waals surface area contributed by atoms with Crippen LogP contribution in [0.4, 0.5) is 0 Å². The number of carbonyl (C=O) groups excluding carboxylic acids is 2. The van der Waals surface area contributed by atoms with Gasteiger partial charge in [-0.15, -0.1) is 0 Å². The van der Waals surface area contributed by atoms with Crippen LogP contribution in [0.1, 0.15) is 50.4 Å². The SMILES string of the molecule is CC(=O)c1cn(CCC(=O)NC2CCOC(C)(C)C2)c2ccccc12. The van der Waals surface area contributed by atoms with E-state index >= 15 is 0 Å². The molecule has 1 amide bonds. The van der Waals surface area contributed by atoms with Crippen molar-refractivity contribution in [1.29, 1.82) is 0 Å². The predicted molar refractivity (Wildman–Crippen MR) is 97.8 cm³/mol. The second-order valence-corrected chi connectivity index (χ2v) is 7.42. The van der Waals surface area contributed by atoms with E-state index < -0.39 is 0 Å². The lowest BCUT2D eigenvalue weighted by molar-refractivity contribution is -0.124. The maximum absolute atomic E-state index is 12.3. The number of amides is 1. The Bertz CT molecular complexity index is 791. The molecule has 134 valence electrons. The van der Waals surface area contributed by atoms with Gasteiger partial charge in [0.05, 0.1) is 5.60 Å². The number of aromatic nitrogens is 1. The lowest BCUT2D eigenvalue weighted by atomic mass is 9.94. The van der Waals surface area contributed by atoms with Crippen molar-refractivity contribution >= 4 is 22.6 Å². The van der Waals surface area contributed by atoms with E-state index in [2.05, 4.69) is 19.2 Å². The van der Waals surface area contributed by atoms with Crippen LogP contribution < -0.4 is 5.32 Å². The first-order chi connectivity index (χ1) is 11.9. The molecule has 1 saturated heterocycles. The number of rotatable bonds is 5. The van der Waals surface area contributed by atoms with Gasteiger partial charge < -0.3 is 14.6 Å². The normalized spacial score (nSPS) is 19.7. The largest absolute Gasteiger partial charge is 0.375 e. The summed E-state index contributed by atoms with van der Waals surface area (Å²) < 4.78 is 7.69. The number of nitrogens with one attached hydrogen (secondary N) is 1. The molecule has 0 saturated carbocycles. The lowest BCUT2D eigenvalue weighted by Crippen LogP contribution is -2.45. The van der Waals surface area contributed by atoms with Crippen molar-refractivity contribution < 1.29 is 14.3 Å². The number of hydrogen-bond donors (Lipinski definition) is 1. The zero-order valence-electron chi connectivity index (χ0n) is 15.2. The summed E-state index contributed by atoms with van der Waals surface area (Å²) >= 11 is 0. The minimum atomic E-state index is -0.177. The summed E-state index contributed by atoms with van der Waals surface area (Å²) in [6.45, 7) is 6.93. The molecule has 1 aromatic carbocycles. The van der Waals surface area contributed by atoms with Crippen molar-refractivity contribution in [3.63, 3.8) is 0 Å². The topological polar surface area (TPSA) is 60.3 Å². The highest BCUT2D eigenvalue weighted by Crippen LogP contribution is 2.24. The summed E-state index contributed by atoms with van der Waals surface area (Å²) in [4.78, 5) is 24.2. The van der Waals surface area contributed by atoms with Gasteiger partial charge in [-0.1, -0.05) is 18.2 Å². The van der Waals surface area contributed by atoms with Crippen LogP contribution in [0.5, 0.6) is 0 Å². The number of Topliss-reactive ketones (excluding diaryl/α,β-unsaturated/α-hetero) is 1. The van der Waals surface area contributed by atoms with E-state index in [1.54, 1.807) is 6.92 Å². The fraction of sp³-hybridized carbons (Fsp3) is 0.500. The molecule has 2 aromatic rings. The van der Waals surface area contributed by atoms with Gasteiger partial charge in [0.15, 0.2) is 5.78 Å². The first-order valence-corrected chi connectivity index (χ1v) is 8.88. The first kappa shape index (κ1) is 17.7. The Balaban J connectivity index is 1.64. The molecule has 1 aliphatic rings. The summed E-state index contributed by atoms with van der Waals surface area (Å²) in [5.41, 5.74) is 1.53. The maximum Gasteiger partial charge on any atom is 0.222 e. The van der Waals surface area contributed by atoms with Crippen LogP contribution in [0.15, 0.2) is 30.5 Å². The van der Waals surface area contributed by atoms with Crippen LogP contribution in [0.3, 0.4) is 0 Å². The van der Waals surface area contributed by atoms with Gasteiger partial charge in [-0.25, -0.2) is 0 Å². The van der Waals surface area contributed by atoms with Crippen LogP contribution in [0.25, 0.3) is 10.9 Å². The van der Waals surface area contributed by atoms with Crippen LogP contribution in [0, 0.1) is 0 Å². The van der Waals surface area contributed by atoms with E-state index in [0.29, 0.717) is 25.1 Å². The molecule has 0 spiro atoms. The Morgan fingerprint density at radius 2 is 2.08 bits per heavy atom. The molecule has 1 unspecified atom stereocenters. The third kappa shape index (κ3) is 4.10. The van der Waals surface area contributed by atoms with Gasteiger partial charge in [-0.2, -0.15) is 0 Å². The lowest BCUT2D eigenvalue weighted by Gasteiger charge is -2.35. The maximum atomic E-state index is 12.3. The zero-order chi connectivity index (χ0) is 18.0. The van der Waals surface area contributed by atoms with Crippen molar-refractivity contribution in [2.45, 2.75) is 58.2 Å². The molecule has 1 fully saturated rings. The van der Waals surface area contributed by atoms with E-state index in [0.717, 1.165) is 23.7 Å². The molecule has 5 nitrogen and oxygen atoms in total. The number of nitrogens with zero attached hydrogens (tertiary/aromatic N) is 1.